The van der Waals surface area contributed by atoms with Gasteiger partial charge in [0, 0.05) is 13.7 Å². The number of aliphatic hydroxyl groups excluding tert-OH is 2. The second-order valence-corrected chi connectivity index (χ2v) is 6.53. The maximum Gasteiger partial charge on any atom is 0.0830 e. The van der Waals surface area contributed by atoms with E-state index in [0.717, 1.165) is 38.5 Å². The minimum absolute atomic E-state index is 0.00748. The van der Waals surface area contributed by atoms with E-state index >= 15 is 0 Å². The molecule has 0 saturated carbocycles. The lowest BCUT2D eigenvalue weighted by Gasteiger charge is -2.21. The summed E-state index contributed by atoms with van der Waals surface area (Å²) in [7, 11) is 1.72. The van der Waals surface area contributed by atoms with Gasteiger partial charge in [0.25, 0.3) is 0 Å². The summed E-state index contributed by atoms with van der Waals surface area (Å²) < 4.78 is 5.47. The molecule has 2 atom stereocenters. The molecular weight excluding hydrogens is 276 g/mol. The molecule has 0 amide bonds. The topological polar surface area (TPSA) is 49.7 Å². The van der Waals surface area contributed by atoms with Gasteiger partial charge in [-0.2, -0.15) is 0 Å². The molecule has 0 fully saturated rings. The Balaban J connectivity index is 3.53. The highest BCUT2D eigenvalue weighted by molar-refractivity contribution is 4.69. The Morgan fingerprint density at radius 1 is 0.727 bits per heavy atom. The number of methoxy groups -OCH3 is 1. The number of hydrogen-bond donors (Lipinski definition) is 2. The largest absolute Gasteiger partial charge is 0.396 e. The average Bonchev–Trinajstić information content (AvgIpc) is 2.53. The minimum Gasteiger partial charge on any atom is -0.396 e. The summed E-state index contributed by atoms with van der Waals surface area (Å²) in [5.41, 5.74) is 0. The van der Waals surface area contributed by atoms with E-state index in [1.54, 1.807) is 7.11 Å². The molecule has 0 aliphatic heterocycles. The van der Waals surface area contributed by atoms with Gasteiger partial charge in [0.15, 0.2) is 0 Å². The fourth-order valence-corrected chi connectivity index (χ4v) is 2.95. The van der Waals surface area contributed by atoms with Crippen LogP contribution in [0.4, 0.5) is 0 Å². The maximum absolute atomic E-state index is 10.2. The summed E-state index contributed by atoms with van der Waals surface area (Å²) in [4.78, 5) is 0. The van der Waals surface area contributed by atoms with Crippen molar-refractivity contribution in [2.75, 3.05) is 13.7 Å². The highest BCUT2D eigenvalue weighted by Crippen LogP contribution is 2.17. The molecular formula is C19H40O3. The first-order valence-corrected chi connectivity index (χ1v) is 9.58. The van der Waals surface area contributed by atoms with Crippen LogP contribution < -0.4 is 0 Å². The molecule has 0 aromatic rings. The first-order chi connectivity index (χ1) is 10.8. The molecule has 134 valence electrons. The van der Waals surface area contributed by atoms with Gasteiger partial charge in [-0.1, -0.05) is 77.6 Å². The van der Waals surface area contributed by atoms with Crippen LogP contribution in [0.5, 0.6) is 0 Å². The van der Waals surface area contributed by atoms with E-state index in [-0.39, 0.29) is 12.2 Å². The highest BCUT2D eigenvalue weighted by atomic mass is 16.5. The van der Waals surface area contributed by atoms with Gasteiger partial charge in [-0.05, 0) is 19.3 Å². The molecule has 0 heterocycles. The lowest BCUT2D eigenvalue weighted by Crippen LogP contribution is -2.27. The molecule has 0 bridgehead atoms. The van der Waals surface area contributed by atoms with Crippen LogP contribution in [0.25, 0.3) is 0 Å². The van der Waals surface area contributed by atoms with Crippen molar-refractivity contribution in [1.29, 1.82) is 0 Å². The Hall–Kier alpha value is -0.120. The van der Waals surface area contributed by atoms with Crippen molar-refractivity contribution in [2.45, 2.75) is 109 Å². The van der Waals surface area contributed by atoms with Gasteiger partial charge in [0.05, 0.1) is 12.2 Å². The number of aliphatic hydroxyl groups is 2. The molecule has 22 heavy (non-hydrogen) atoms. The summed E-state index contributed by atoms with van der Waals surface area (Å²) >= 11 is 0. The molecule has 0 aliphatic carbocycles. The van der Waals surface area contributed by atoms with Crippen molar-refractivity contribution in [1.82, 2.24) is 0 Å². The van der Waals surface area contributed by atoms with Gasteiger partial charge in [0.2, 0.25) is 0 Å². The van der Waals surface area contributed by atoms with Crippen molar-refractivity contribution in [3.63, 3.8) is 0 Å². The van der Waals surface area contributed by atoms with Crippen LogP contribution in [0.2, 0.25) is 0 Å². The number of hydrogen-bond acceptors (Lipinski definition) is 3. The number of ether oxygens (including phenoxy) is 1. The molecule has 0 aliphatic rings. The third-order valence-electron chi connectivity index (χ3n) is 4.48. The molecule has 0 radical (unpaired) electrons. The Morgan fingerprint density at radius 3 is 1.77 bits per heavy atom. The van der Waals surface area contributed by atoms with Gasteiger partial charge in [-0.25, -0.2) is 0 Å². The number of rotatable bonds is 17. The summed E-state index contributed by atoms with van der Waals surface area (Å²) in [5.74, 6) is 0. The quantitative estimate of drug-likeness (QED) is 0.378. The summed E-state index contributed by atoms with van der Waals surface area (Å²) in [6.07, 6.45) is 16.0. The van der Waals surface area contributed by atoms with Gasteiger partial charge < -0.3 is 14.9 Å². The fraction of sp³-hybridized carbons (Fsp3) is 1.00. The van der Waals surface area contributed by atoms with E-state index in [9.17, 15) is 5.11 Å². The van der Waals surface area contributed by atoms with E-state index in [1.165, 1.54) is 51.4 Å². The first-order valence-electron chi connectivity index (χ1n) is 9.58. The summed E-state index contributed by atoms with van der Waals surface area (Å²) in [6, 6.07) is 0. The molecule has 0 spiro atoms. The monoisotopic (exact) mass is 316 g/mol. The van der Waals surface area contributed by atoms with Gasteiger partial charge in [-0.15, -0.1) is 0 Å². The van der Waals surface area contributed by atoms with Gasteiger partial charge >= 0.3 is 0 Å². The van der Waals surface area contributed by atoms with Crippen LogP contribution in [0.3, 0.4) is 0 Å². The van der Waals surface area contributed by atoms with Crippen LogP contribution >= 0.6 is 0 Å². The normalized spacial score (nSPS) is 14.2. The molecule has 2 unspecified atom stereocenters. The maximum atomic E-state index is 10.2. The smallest absolute Gasteiger partial charge is 0.0830 e. The van der Waals surface area contributed by atoms with Crippen molar-refractivity contribution in [3.05, 3.63) is 0 Å². The van der Waals surface area contributed by atoms with Gasteiger partial charge in [-0.3, -0.25) is 0 Å². The van der Waals surface area contributed by atoms with Crippen molar-refractivity contribution < 1.29 is 14.9 Å². The second kappa shape index (κ2) is 17.2. The van der Waals surface area contributed by atoms with E-state index in [4.69, 9.17) is 9.84 Å². The first kappa shape index (κ1) is 21.9. The molecule has 2 N–H and O–H groups in total. The Labute approximate surface area is 138 Å². The number of unbranched alkanes of at least 4 members (excludes halogenated alkanes) is 10. The van der Waals surface area contributed by atoms with E-state index in [1.807, 2.05) is 0 Å². The standard InChI is InChI=1S/C19H40O3/c1-3-4-5-6-9-12-15-18(21)19(22-2)16-13-10-7-8-11-14-17-20/h18-21H,3-17H2,1-2H3. The molecule has 0 rings (SSSR count). The second-order valence-electron chi connectivity index (χ2n) is 6.53. The molecule has 3 nitrogen and oxygen atoms in total. The minimum atomic E-state index is -0.300. The zero-order chi connectivity index (χ0) is 16.5. The van der Waals surface area contributed by atoms with E-state index in [2.05, 4.69) is 6.92 Å². The molecule has 0 aromatic carbocycles. The van der Waals surface area contributed by atoms with Crippen LogP contribution in [-0.2, 0) is 4.74 Å². The summed E-state index contributed by atoms with van der Waals surface area (Å²) in [6.45, 7) is 2.55. The molecule has 0 saturated heterocycles. The van der Waals surface area contributed by atoms with Crippen molar-refractivity contribution in [3.8, 4) is 0 Å². The Kier molecular flexibility index (Phi) is 17.1. The van der Waals surface area contributed by atoms with Crippen LogP contribution in [0, 0.1) is 0 Å². The Bertz CT molecular complexity index is 209. The third-order valence-corrected chi connectivity index (χ3v) is 4.48. The zero-order valence-corrected chi connectivity index (χ0v) is 15.1. The lowest BCUT2D eigenvalue weighted by atomic mass is 9.99. The highest BCUT2D eigenvalue weighted by Gasteiger charge is 2.17. The van der Waals surface area contributed by atoms with E-state index < -0.39 is 0 Å². The third kappa shape index (κ3) is 13.5. The van der Waals surface area contributed by atoms with Crippen LogP contribution in [0.15, 0.2) is 0 Å². The summed E-state index contributed by atoms with van der Waals surface area (Å²) in [5, 5.41) is 19.0. The fourth-order valence-electron chi connectivity index (χ4n) is 2.95. The predicted octanol–water partition coefficient (Wildman–Crippen LogP) is 4.84. The van der Waals surface area contributed by atoms with E-state index in [0.29, 0.717) is 6.61 Å². The van der Waals surface area contributed by atoms with Crippen LogP contribution in [0.1, 0.15) is 96.8 Å². The van der Waals surface area contributed by atoms with Crippen molar-refractivity contribution in [2.24, 2.45) is 0 Å². The SMILES string of the molecule is CCCCCCCCC(O)C(CCCCCCCCO)OC. The predicted molar refractivity (Wildman–Crippen MR) is 94.2 cm³/mol. The molecule has 3 heteroatoms. The molecule has 0 aromatic heterocycles. The van der Waals surface area contributed by atoms with Crippen molar-refractivity contribution >= 4 is 0 Å². The van der Waals surface area contributed by atoms with Gasteiger partial charge in [0.1, 0.15) is 0 Å². The lowest BCUT2D eigenvalue weighted by molar-refractivity contribution is -0.0221. The average molecular weight is 317 g/mol. The Morgan fingerprint density at radius 2 is 1.23 bits per heavy atom. The van der Waals surface area contributed by atoms with Crippen LogP contribution in [-0.4, -0.2) is 36.1 Å². The zero-order valence-electron chi connectivity index (χ0n) is 15.1.